The minimum absolute atomic E-state index is 0.0477. The number of carboxylic acids is 1. The molecule has 0 radical (unpaired) electrons. The maximum atomic E-state index is 12.8. The Morgan fingerprint density at radius 1 is 1.65 bits per heavy atom. The minimum atomic E-state index is -2.78. The standard InChI is InChI=1S/C10H10ClF2NO3/c1-17-9-6(10(12)13)2-5(4-11)14-7(9)3-8(15)16/h2,10H,3-4H2,1H3,(H,15,16). The van der Waals surface area contributed by atoms with Crippen molar-refractivity contribution in [2.24, 2.45) is 0 Å². The van der Waals surface area contributed by atoms with Crippen LogP contribution >= 0.6 is 11.6 Å². The van der Waals surface area contributed by atoms with E-state index < -0.39 is 24.4 Å². The van der Waals surface area contributed by atoms with Gasteiger partial charge in [0.1, 0.15) is 5.75 Å². The highest BCUT2D eigenvalue weighted by Crippen LogP contribution is 2.32. The first kappa shape index (κ1) is 13.6. The van der Waals surface area contributed by atoms with Gasteiger partial charge in [-0.15, -0.1) is 11.6 Å². The molecule has 1 rings (SSSR count). The molecule has 0 saturated heterocycles. The molecule has 4 nitrogen and oxygen atoms in total. The fourth-order valence-corrected chi connectivity index (χ4v) is 1.53. The molecule has 1 N–H and O–H groups in total. The van der Waals surface area contributed by atoms with E-state index in [1.165, 1.54) is 7.11 Å². The number of alkyl halides is 3. The molecule has 0 atom stereocenters. The first-order chi connectivity index (χ1) is 7.99. The van der Waals surface area contributed by atoms with Crippen LogP contribution in [0.2, 0.25) is 0 Å². The Balaban J connectivity index is 3.33. The molecule has 7 heteroatoms. The minimum Gasteiger partial charge on any atom is -0.494 e. The van der Waals surface area contributed by atoms with Crippen molar-refractivity contribution in [2.45, 2.75) is 18.7 Å². The van der Waals surface area contributed by atoms with Crippen LogP contribution in [0.15, 0.2) is 6.07 Å². The predicted octanol–water partition coefficient (Wildman–Crippen LogP) is 2.39. The normalized spacial score (nSPS) is 10.6. The van der Waals surface area contributed by atoms with E-state index in [0.717, 1.165) is 6.07 Å². The molecule has 0 fully saturated rings. The zero-order valence-corrected chi connectivity index (χ0v) is 9.67. The van der Waals surface area contributed by atoms with Crippen molar-refractivity contribution < 1.29 is 23.4 Å². The van der Waals surface area contributed by atoms with Gasteiger partial charge in [0.05, 0.1) is 36.4 Å². The number of ether oxygens (including phenoxy) is 1. The number of rotatable bonds is 5. The van der Waals surface area contributed by atoms with E-state index in [4.69, 9.17) is 21.4 Å². The lowest BCUT2D eigenvalue weighted by molar-refractivity contribution is -0.136. The molecule has 94 valence electrons. The average Bonchev–Trinajstić information content (AvgIpc) is 2.26. The van der Waals surface area contributed by atoms with Gasteiger partial charge in [0.25, 0.3) is 6.43 Å². The van der Waals surface area contributed by atoms with Crippen molar-refractivity contribution in [1.29, 1.82) is 0 Å². The van der Waals surface area contributed by atoms with Crippen molar-refractivity contribution in [3.05, 3.63) is 23.0 Å². The molecule has 0 amide bonds. The number of aromatic nitrogens is 1. The van der Waals surface area contributed by atoms with Crippen LogP contribution in [0.5, 0.6) is 5.75 Å². The van der Waals surface area contributed by atoms with E-state index in [1.807, 2.05) is 0 Å². The van der Waals surface area contributed by atoms with Gasteiger partial charge < -0.3 is 9.84 Å². The van der Waals surface area contributed by atoms with E-state index in [-0.39, 0.29) is 23.0 Å². The second-order valence-corrected chi connectivity index (χ2v) is 3.45. The average molecular weight is 266 g/mol. The van der Waals surface area contributed by atoms with Gasteiger partial charge in [0.2, 0.25) is 0 Å². The van der Waals surface area contributed by atoms with Crippen molar-refractivity contribution in [3.8, 4) is 5.75 Å². The largest absolute Gasteiger partial charge is 0.494 e. The van der Waals surface area contributed by atoms with Crippen LogP contribution in [0.3, 0.4) is 0 Å². The number of pyridine rings is 1. The van der Waals surface area contributed by atoms with Crippen molar-refractivity contribution in [1.82, 2.24) is 4.98 Å². The highest BCUT2D eigenvalue weighted by atomic mass is 35.5. The summed E-state index contributed by atoms with van der Waals surface area (Å²) in [5.74, 6) is -1.45. The van der Waals surface area contributed by atoms with E-state index >= 15 is 0 Å². The molecule has 1 aromatic heterocycles. The third kappa shape index (κ3) is 3.26. The predicted molar refractivity (Wildman–Crippen MR) is 56.6 cm³/mol. The molecular weight excluding hydrogens is 256 g/mol. The number of nitrogens with zero attached hydrogens (tertiary/aromatic N) is 1. The van der Waals surface area contributed by atoms with Gasteiger partial charge in [0.15, 0.2) is 0 Å². The Hall–Kier alpha value is -1.43. The SMILES string of the molecule is COc1c(C(F)F)cc(CCl)nc1CC(=O)O. The molecule has 0 unspecified atom stereocenters. The van der Waals surface area contributed by atoms with Crippen LogP contribution in [0, 0.1) is 0 Å². The Labute approximate surface area is 101 Å². The van der Waals surface area contributed by atoms with Crippen LogP contribution in [-0.2, 0) is 17.1 Å². The molecule has 1 aromatic rings. The lowest BCUT2D eigenvalue weighted by atomic mass is 10.1. The summed E-state index contributed by atoms with van der Waals surface area (Å²) in [5.41, 5.74) is -0.248. The van der Waals surface area contributed by atoms with Crippen molar-refractivity contribution in [3.63, 3.8) is 0 Å². The van der Waals surface area contributed by atoms with Gasteiger partial charge in [-0.25, -0.2) is 8.78 Å². The maximum absolute atomic E-state index is 12.8. The monoisotopic (exact) mass is 265 g/mol. The van der Waals surface area contributed by atoms with Gasteiger partial charge in [-0.05, 0) is 6.07 Å². The van der Waals surface area contributed by atoms with Crippen molar-refractivity contribution in [2.75, 3.05) is 7.11 Å². The van der Waals surface area contributed by atoms with Crippen LogP contribution in [0.25, 0.3) is 0 Å². The third-order valence-corrected chi connectivity index (χ3v) is 2.29. The summed E-state index contributed by atoms with van der Waals surface area (Å²) in [4.78, 5) is 14.5. The summed E-state index contributed by atoms with van der Waals surface area (Å²) in [7, 11) is 1.19. The summed E-state index contributed by atoms with van der Waals surface area (Å²) < 4.78 is 30.3. The Kier molecular flexibility index (Phi) is 4.62. The van der Waals surface area contributed by atoms with Gasteiger partial charge >= 0.3 is 5.97 Å². The smallest absolute Gasteiger partial charge is 0.309 e. The Morgan fingerprint density at radius 2 is 2.29 bits per heavy atom. The lowest BCUT2D eigenvalue weighted by Crippen LogP contribution is -2.08. The van der Waals surface area contributed by atoms with Crippen LogP contribution < -0.4 is 4.74 Å². The Morgan fingerprint density at radius 3 is 2.71 bits per heavy atom. The molecule has 0 spiro atoms. The number of halogens is 3. The molecule has 0 bridgehead atoms. The van der Waals surface area contributed by atoms with Gasteiger partial charge in [0, 0.05) is 0 Å². The number of hydrogen-bond donors (Lipinski definition) is 1. The molecule has 0 aliphatic rings. The second-order valence-electron chi connectivity index (χ2n) is 3.19. The van der Waals surface area contributed by atoms with Crippen molar-refractivity contribution >= 4 is 17.6 Å². The van der Waals surface area contributed by atoms with E-state index in [1.54, 1.807) is 0 Å². The first-order valence-corrected chi connectivity index (χ1v) is 5.15. The quantitative estimate of drug-likeness (QED) is 0.831. The summed E-state index contributed by atoms with van der Waals surface area (Å²) in [6.45, 7) is 0. The molecule has 1 heterocycles. The first-order valence-electron chi connectivity index (χ1n) is 4.62. The Bertz CT molecular complexity index is 426. The van der Waals surface area contributed by atoms with Gasteiger partial charge in [-0.2, -0.15) is 0 Å². The van der Waals surface area contributed by atoms with Gasteiger partial charge in [-0.1, -0.05) is 0 Å². The molecular formula is C10H10ClF2NO3. The molecule has 17 heavy (non-hydrogen) atoms. The fourth-order valence-electron chi connectivity index (χ4n) is 1.40. The maximum Gasteiger partial charge on any atom is 0.309 e. The van der Waals surface area contributed by atoms with E-state index in [2.05, 4.69) is 4.98 Å². The number of aliphatic carboxylic acids is 1. The molecule has 0 aliphatic carbocycles. The number of methoxy groups -OCH3 is 1. The summed E-state index contributed by atoms with van der Waals surface area (Å²) >= 11 is 5.51. The fraction of sp³-hybridized carbons (Fsp3) is 0.400. The highest BCUT2D eigenvalue weighted by molar-refractivity contribution is 6.16. The van der Waals surface area contributed by atoms with Gasteiger partial charge in [-0.3, -0.25) is 9.78 Å². The summed E-state index contributed by atoms with van der Waals surface area (Å²) in [6.07, 6.45) is -3.27. The van der Waals surface area contributed by atoms with Crippen LogP contribution in [0.1, 0.15) is 23.4 Å². The third-order valence-electron chi connectivity index (χ3n) is 2.02. The zero-order chi connectivity index (χ0) is 13.0. The van der Waals surface area contributed by atoms with E-state index in [0.29, 0.717) is 0 Å². The topological polar surface area (TPSA) is 59.4 Å². The summed E-state index contributed by atoms with van der Waals surface area (Å²) in [6, 6.07) is 1.11. The zero-order valence-electron chi connectivity index (χ0n) is 8.91. The lowest BCUT2D eigenvalue weighted by Gasteiger charge is -2.13. The second kappa shape index (κ2) is 5.77. The van der Waals surface area contributed by atoms with Crippen LogP contribution in [-0.4, -0.2) is 23.2 Å². The highest BCUT2D eigenvalue weighted by Gasteiger charge is 2.21. The molecule has 0 aromatic carbocycles. The molecule has 0 saturated carbocycles. The van der Waals surface area contributed by atoms with Crippen LogP contribution in [0.4, 0.5) is 8.78 Å². The number of hydrogen-bond acceptors (Lipinski definition) is 3. The van der Waals surface area contributed by atoms with E-state index in [9.17, 15) is 13.6 Å². The molecule has 0 aliphatic heterocycles. The number of carbonyl (C=O) groups is 1. The summed E-state index contributed by atoms with van der Waals surface area (Å²) in [5, 5.41) is 8.66. The number of carboxylic acid groups (broad SMARTS) is 1.